The fourth-order valence-electron chi connectivity index (χ4n) is 4.41. The summed E-state index contributed by atoms with van der Waals surface area (Å²) in [5.41, 5.74) is 1.53. The largest absolute Gasteiger partial charge is 0.382 e. The van der Waals surface area contributed by atoms with Crippen LogP contribution < -0.4 is 15.5 Å². The Kier molecular flexibility index (Phi) is 7.95. The van der Waals surface area contributed by atoms with Gasteiger partial charge in [0, 0.05) is 52.6 Å². The lowest BCUT2D eigenvalue weighted by Crippen LogP contribution is -2.43. The summed E-state index contributed by atoms with van der Waals surface area (Å²) in [4.78, 5) is 11.4. The lowest BCUT2D eigenvalue weighted by molar-refractivity contribution is 0.105. The van der Waals surface area contributed by atoms with Crippen molar-refractivity contribution in [2.75, 3.05) is 44.8 Å². The summed E-state index contributed by atoms with van der Waals surface area (Å²) in [5, 5.41) is 7.00. The number of aliphatic imine (C=N–C) groups is 1. The fourth-order valence-corrected chi connectivity index (χ4v) is 4.41. The van der Waals surface area contributed by atoms with Crippen molar-refractivity contribution in [2.24, 2.45) is 10.4 Å². The molecule has 0 aromatic carbocycles. The Hall–Kier alpha value is -1.82. The summed E-state index contributed by atoms with van der Waals surface area (Å²) in [7, 11) is 1.84. The van der Waals surface area contributed by atoms with Gasteiger partial charge in [-0.1, -0.05) is 18.9 Å². The highest BCUT2D eigenvalue weighted by atomic mass is 16.5. The third-order valence-electron chi connectivity index (χ3n) is 6.20. The Morgan fingerprint density at radius 3 is 2.61 bits per heavy atom. The Bertz CT molecular complexity index is 604. The van der Waals surface area contributed by atoms with E-state index in [0.29, 0.717) is 5.41 Å². The zero-order valence-electron chi connectivity index (χ0n) is 17.7. The van der Waals surface area contributed by atoms with E-state index in [-0.39, 0.29) is 0 Å². The van der Waals surface area contributed by atoms with Gasteiger partial charge in [0.25, 0.3) is 0 Å². The van der Waals surface area contributed by atoms with Crippen LogP contribution in [0.2, 0.25) is 0 Å². The highest BCUT2D eigenvalue weighted by Gasteiger charge is 2.33. The summed E-state index contributed by atoms with van der Waals surface area (Å²) in [6, 6.07) is 4.31. The monoisotopic (exact) mass is 387 g/mol. The molecule has 1 saturated heterocycles. The standard InChI is InChI=1S/C22H37N5O/c1-3-28-15-12-22(10-4-5-11-22)18-26-21(23-2)25-17-19-8-9-20(24-16-19)27-13-6-7-14-27/h8-9,16H,3-7,10-15,17-18H2,1-2H3,(H2,23,25,26). The van der Waals surface area contributed by atoms with Crippen molar-refractivity contribution in [2.45, 2.75) is 58.4 Å². The molecule has 3 rings (SSSR count). The van der Waals surface area contributed by atoms with Gasteiger partial charge in [0.05, 0.1) is 0 Å². The molecule has 0 amide bonds. The third kappa shape index (κ3) is 5.84. The molecule has 1 aliphatic heterocycles. The highest BCUT2D eigenvalue weighted by molar-refractivity contribution is 5.79. The minimum absolute atomic E-state index is 0.353. The minimum Gasteiger partial charge on any atom is -0.382 e. The first kappa shape index (κ1) is 20.9. The number of hydrogen-bond donors (Lipinski definition) is 2. The van der Waals surface area contributed by atoms with Crippen molar-refractivity contribution in [1.29, 1.82) is 0 Å². The molecule has 0 radical (unpaired) electrons. The van der Waals surface area contributed by atoms with Gasteiger partial charge in [-0.15, -0.1) is 0 Å². The maximum Gasteiger partial charge on any atom is 0.191 e. The predicted octanol–water partition coefficient (Wildman–Crippen LogP) is 3.33. The lowest BCUT2D eigenvalue weighted by Gasteiger charge is -2.30. The van der Waals surface area contributed by atoms with Gasteiger partial charge in [0.1, 0.15) is 5.82 Å². The van der Waals surface area contributed by atoms with E-state index in [1.165, 1.54) is 44.1 Å². The van der Waals surface area contributed by atoms with Gasteiger partial charge in [0.2, 0.25) is 0 Å². The van der Waals surface area contributed by atoms with Gasteiger partial charge < -0.3 is 20.3 Å². The molecule has 1 saturated carbocycles. The Balaban J connectivity index is 1.46. The van der Waals surface area contributed by atoms with E-state index in [2.05, 4.69) is 44.6 Å². The van der Waals surface area contributed by atoms with Crippen LogP contribution in [0.5, 0.6) is 0 Å². The zero-order chi connectivity index (χ0) is 19.7. The molecule has 2 aliphatic rings. The molecule has 1 aromatic heterocycles. The number of anilines is 1. The third-order valence-corrected chi connectivity index (χ3v) is 6.20. The van der Waals surface area contributed by atoms with Gasteiger partial charge in [-0.3, -0.25) is 4.99 Å². The molecular weight excluding hydrogens is 350 g/mol. The second-order valence-electron chi connectivity index (χ2n) is 8.15. The first-order chi connectivity index (χ1) is 13.7. The first-order valence-corrected chi connectivity index (χ1v) is 11.0. The molecule has 1 aromatic rings. The van der Waals surface area contributed by atoms with Crippen molar-refractivity contribution in [1.82, 2.24) is 15.6 Å². The molecule has 6 nitrogen and oxygen atoms in total. The number of nitrogens with one attached hydrogen (secondary N) is 2. The molecule has 2 N–H and O–H groups in total. The number of aromatic nitrogens is 1. The minimum atomic E-state index is 0.353. The van der Waals surface area contributed by atoms with Crippen LogP contribution in [0, 0.1) is 5.41 Å². The molecule has 28 heavy (non-hydrogen) atoms. The number of guanidine groups is 1. The van der Waals surface area contributed by atoms with Gasteiger partial charge in [0.15, 0.2) is 5.96 Å². The van der Waals surface area contributed by atoms with Crippen molar-refractivity contribution in [3.05, 3.63) is 23.9 Å². The number of rotatable bonds is 9. The number of hydrogen-bond acceptors (Lipinski definition) is 4. The van der Waals surface area contributed by atoms with Crippen LogP contribution in [0.15, 0.2) is 23.3 Å². The van der Waals surface area contributed by atoms with Gasteiger partial charge in [-0.25, -0.2) is 4.98 Å². The SMILES string of the molecule is CCOCCC1(CNC(=NC)NCc2ccc(N3CCCC3)nc2)CCCC1. The molecular formula is C22H37N5O. The molecule has 0 spiro atoms. The van der Waals surface area contributed by atoms with Gasteiger partial charge in [-0.2, -0.15) is 0 Å². The van der Waals surface area contributed by atoms with Crippen molar-refractivity contribution < 1.29 is 4.74 Å². The Morgan fingerprint density at radius 2 is 1.96 bits per heavy atom. The summed E-state index contributed by atoms with van der Waals surface area (Å²) in [5.74, 6) is 1.97. The van der Waals surface area contributed by atoms with Crippen LogP contribution in [0.4, 0.5) is 5.82 Å². The van der Waals surface area contributed by atoms with E-state index >= 15 is 0 Å². The zero-order valence-corrected chi connectivity index (χ0v) is 17.7. The van der Waals surface area contributed by atoms with Crippen molar-refractivity contribution >= 4 is 11.8 Å². The van der Waals surface area contributed by atoms with E-state index in [9.17, 15) is 0 Å². The summed E-state index contributed by atoms with van der Waals surface area (Å²) in [6.07, 6.45) is 10.9. The normalized spacial score (nSPS) is 19.2. The van der Waals surface area contributed by atoms with Crippen LogP contribution >= 0.6 is 0 Å². The van der Waals surface area contributed by atoms with E-state index in [1.807, 2.05) is 13.2 Å². The average Bonchev–Trinajstić information content (AvgIpc) is 3.42. The summed E-state index contributed by atoms with van der Waals surface area (Å²) >= 11 is 0. The fraction of sp³-hybridized carbons (Fsp3) is 0.727. The topological polar surface area (TPSA) is 61.8 Å². The maximum absolute atomic E-state index is 5.62. The van der Waals surface area contributed by atoms with Gasteiger partial charge >= 0.3 is 0 Å². The van der Waals surface area contributed by atoms with Crippen LogP contribution in [-0.4, -0.2) is 50.8 Å². The Morgan fingerprint density at radius 1 is 1.18 bits per heavy atom. The quantitative estimate of drug-likeness (QED) is 0.387. The maximum atomic E-state index is 5.62. The molecule has 2 heterocycles. The molecule has 2 fully saturated rings. The Labute approximate surface area is 170 Å². The molecule has 1 aliphatic carbocycles. The number of nitrogens with zero attached hydrogens (tertiary/aromatic N) is 3. The van der Waals surface area contributed by atoms with Crippen molar-refractivity contribution in [3.63, 3.8) is 0 Å². The molecule has 0 atom stereocenters. The van der Waals surface area contributed by atoms with Crippen LogP contribution in [-0.2, 0) is 11.3 Å². The number of pyridine rings is 1. The summed E-state index contributed by atoms with van der Waals surface area (Å²) < 4.78 is 5.62. The molecule has 156 valence electrons. The van der Waals surface area contributed by atoms with E-state index in [4.69, 9.17) is 4.74 Å². The van der Waals surface area contributed by atoms with Gasteiger partial charge in [-0.05, 0) is 56.1 Å². The summed E-state index contributed by atoms with van der Waals surface area (Å²) in [6.45, 7) is 7.69. The average molecular weight is 388 g/mol. The highest BCUT2D eigenvalue weighted by Crippen LogP contribution is 2.40. The second kappa shape index (κ2) is 10.6. The molecule has 6 heteroatoms. The van der Waals surface area contributed by atoms with Crippen LogP contribution in [0.25, 0.3) is 0 Å². The molecule has 0 bridgehead atoms. The number of ether oxygens (including phenoxy) is 1. The van der Waals surface area contributed by atoms with E-state index < -0.39 is 0 Å². The second-order valence-corrected chi connectivity index (χ2v) is 8.15. The van der Waals surface area contributed by atoms with Crippen molar-refractivity contribution in [3.8, 4) is 0 Å². The van der Waals surface area contributed by atoms with E-state index in [1.54, 1.807) is 0 Å². The predicted molar refractivity (Wildman–Crippen MR) is 116 cm³/mol. The van der Waals surface area contributed by atoms with Crippen LogP contribution in [0.1, 0.15) is 57.4 Å². The lowest BCUT2D eigenvalue weighted by atomic mass is 9.83. The molecule has 0 unspecified atom stereocenters. The van der Waals surface area contributed by atoms with E-state index in [0.717, 1.165) is 57.6 Å². The first-order valence-electron chi connectivity index (χ1n) is 11.0. The smallest absolute Gasteiger partial charge is 0.191 e. The van der Waals surface area contributed by atoms with Crippen LogP contribution in [0.3, 0.4) is 0 Å².